The van der Waals surface area contributed by atoms with Crippen molar-refractivity contribution in [3.63, 3.8) is 0 Å². The average Bonchev–Trinajstić information content (AvgIpc) is 3.27. The maximum atomic E-state index is 6.36. The zero-order chi connectivity index (χ0) is 15.4. The average molecular weight is 286 g/mol. The van der Waals surface area contributed by atoms with Crippen LogP contribution in [0, 0.1) is 29.6 Å². The molecular weight excluding hydrogens is 260 g/mol. The maximum absolute atomic E-state index is 6.36. The topological polar surface area (TPSA) is 41.8 Å². The van der Waals surface area contributed by atoms with Crippen LogP contribution >= 0.6 is 0 Å². The van der Waals surface area contributed by atoms with Crippen molar-refractivity contribution in [1.82, 2.24) is 5.01 Å². The lowest BCUT2D eigenvalue weighted by Crippen LogP contribution is -2.47. The van der Waals surface area contributed by atoms with Gasteiger partial charge in [-0.2, -0.15) is 0 Å². The summed E-state index contributed by atoms with van der Waals surface area (Å²) in [5, 5.41) is 1.92. The van der Waals surface area contributed by atoms with E-state index in [0.29, 0.717) is 5.92 Å². The van der Waals surface area contributed by atoms with Crippen LogP contribution in [-0.4, -0.2) is 23.4 Å². The van der Waals surface area contributed by atoms with Gasteiger partial charge in [0.05, 0.1) is 5.92 Å². The fraction of sp³-hybridized carbons (Fsp3) is 0.667. The van der Waals surface area contributed by atoms with Crippen LogP contribution in [0.3, 0.4) is 0 Å². The Morgan fingerprint density at radius 3 is 2.76 bits per heavy atom. The normalized spacial score (nSPS) is 38.5. The summed E-state index contributed by atoms with van der Waals surface area (Å²) in [4.78, 5) is 0. The molecule has 0 spiro atoms. The number of nitrogens with zero attached hydrogens (tertiary/aromatic N) is 1. The second kappa shape index (κ2) is 7.14. The number of fused-ring (bicyclic) bond motifs is 1. The molecule has 3 nitrogen and oxygen atoms in total. The summed E-state index contributed by atoms with van der Waals surface area (Å²) in [5.41, 5.74) is 5.63. The third-order valence-corrected chi connectivity index (χ3v) is 4.55. The molecule has 114 valence electrons. The molecule has 0 aliphatic carbocycles. The predicted octanol–water partition coefficient (Wildman–Crippen LogP) is 2.85. The smallest absolute Gasteiger partial charge is 0.150 e. The minimum atomic E-state index is 0.0240. The molecule has 0 bridgehead atoms. The van der Waals surface area contributed by atoms with Crippen molar-refractivity contribution in [1.29, 1.82) is 0 Å². The van der Waals surface area contributed by atoms with E-state index in [9.17, 15) is 0 Å². The Balaban J connectivity index is 2.33. The van der Waals surface area contributed by atoms with Crippen molar-refractivity contribution >= 4 is 0 Å². The molecule has 2 N–H and O–H groups in total. The van der Waals surface area contributed by atoms with Gasteiger partial charge in [-0.1, -0.05) is 50.5 Å². The van der Waals surface area contributed by atoms with E-state index in [0.717, 1.165) is 19.3 Å². The van der Waals surface area contributed by atoms with Crippen molar-refractivity contribution in [2.75, 3.05) is 0 Å². The summed E-state index contributed by atoms with van der Waals surface area (Å²) in [6.07, 6.45) is 5.30. The van der Waals surface area contributed by atoms with Crippen molar-refractivity contribution in [3.05, 3.63) is 24.1 Å². The predicted molar refractivity (Wildman–Crippen MR) is 84.8 cm³/mol. The van der Waals surface area contributed by atoms with Gasteiger partial charge in [0.15, 0.2) is 0 Å². The number of allylic oxidation sites excluding steroid dienone is 1. The zero-order valence-corrected chi connectivity index (χ0v) is 13.3. The van der Waals surface area contributed by atoms with Gasteiger partial charge < -0.3 is 4.74 Å². The maximum Gasteiger partial charge on any atom is 0.150 e. The van der Waals surface area contributed by atoms with Crippen molar-refractivity contribution in [2.45, 2.75) is 58.4 Å². The Labute approximate surface area is 128 Å². The number of epoxide rings is 1. The molecule has 21 heavy (non-hydrogen) atoms. The van der Waals surface area contributed by atoms with Gasteiger partial charge in [0, 0.05) is 17.9 Å². The third-order valence-electron chi connectivity index (χ3n) is 4.55. The van der Waals surface area contributed by atoms with E-state index in [2.05, 4.69) is 50.7 Å². The van der Waals surface area contributed by atoms with Crippen molar-refractivity contribution in [3.8, 4) is 11.8 Å². The van der Waals surface area contributed by atoms with E-state index < -0.39 is 0 Å². The summed E-state index contributed by atoms with van der Waals surface area (Å²) in [7, 11) is 0. The zero-order valence-electron chi connectivity index (χ0n) is 13.3. The van der Waals surface area contributed by atoms with E-state index in [1.807, 2.05) is 11.1 Å². The fourth-order valence-electron chi connectivity index (χ4n) is 3.13. The van der Waals surface area contributed by atoms with Crippen LogP contribution < -0.4 is 5.84 Å². The fourth-order valence-corrected chi connectivity index (χ4v) is 3.13. The minimum absolute atomic E-state index is 0.0240. The molecule has 0 saturated carbocycles. The van der Waals surface area contributed by atoms with E-state index in [1.165, 1.54) is 0 Å². The van der Waals surface area contributed by atoms with Gasteiger partial charge in [-0.3, -0.25) is 5.84 Å². The molecule has 0 aromatic heterocycles. The largest absolute Gasteiger partial charge is 0.351 e. The number of ether oxygens (including phenoxy) is 1. The van der Waals surface area contributed by atoms with E-state index in [1.54, 1.807) is 0 Å². The Morgan fingerprint density at radius 2 is 2.14 bits per heavy atom. The van der Waals surface area contributed by atoms with Gasteiger partial charge in [-0.25, -0.2) is 5.01 Å². The lowest BCUT2D eigenvalue weighted by atomic mass is 9.90. The van der Waals surface area contributed by atoms with Crippen molar-refractivity contribution in [2.24, 2.45) is 23.6 Å². The first-order valence-electron chi connectivity index (χ1n) is 7.94. The van der Waals surface area contributed by atoms with Crippen LogP contribution in [-0.2, 0) is 4.74 Å². The highest BCUT2D eigenvalue weighted by Gasteiger charge is 2.50. The number of hydrogen-bond acceptors (Lipinski definition) is 3. The summed E-state index contributed by atoms with van der Waals surface area (Å²) in [5.74, 6) is 13.9. The summed E-state index contributed by atoms with van der Waals surface area (Å²) < 4.78 is 5.85. The van der Waals surface area contributed by atoms with Crippen LogP contribution in [0.4, 0.5) is 0 Å². The van der Waals surface area contributed by atoms with E-state index in [4.69, 9.17) is 10.6 Å². The SMILES string of the molecule is C=C=C=CC1C#CC(CC)C(CCC)N(N)C2OC2C1C. The number of rotatable bonds is 4. The third kappa shape index (κ3) is 3.50. The lowest BCUT2D eigenvalue weighted by Gasteiger charge is -2.30. The molecule has 0 radical (unpaired) electrons. The van der Waals surface area contributed by atoms with Crippen LogP contribution in [0.25, 0.3) is 0 Å². The van der Waals surface area contributed by atoms with Crippen LogP contribution in [0.2, 0.25) is 0 Å². The first kappa shape index (κ1) is 16.1. The molecule has 1 saturated heterocycles. The van der Waals surface area contributed by atoms with Gasteiger partial charge in [0.25, 0.3) is 0 Å². The summed E-state index contributed by atoms with van der Waals surface area (Å²) in [6.45, 7) is 10.1. The highest BCUT2D eigenvalue weighted by Crippen LogP contribution is 2.38. The van der Waals surface area contributed by atoms with Gasteiger partial charge in [0.1, 0.15) is 12.3 Å². The second-order valence-corrected chi connectivity index (χ2v) is 5.97. The Morgan fingerprint density at radius 1 is 1.38 bits per heavy atom. The Bertz CT molecular complexity index is 505. The van der Waals surface area contributed by atoms with Crippen LogP contribution in [0.1, 0.15) is 40.0 Å². The Hall–Kier alpha value is -1.26. The molecule has 0 amide bonds. The standard InChI is InChI=1S/C18H26N2O/c1-5-8-10-15-12-11-14(7-3)16(9-6-2)20(19)18-17(21-18)13(15)4/h10,13-18H,1,6-7,9,19H2,2-4H3. The molecule has 2 rings (SSSR count). The molecule has 0 aromatic carbocycles. The number of nitrogens with two attached hydrogens (primary N) is 1. The highest BCUT2D eigenvalue weighted by molar-refractivity contribution is 5.18. The van der Waals surface area contributed by atoms with Gasteiger partial charge >= 0.3 is 0 Å². The summed E-state index contributed by atoms with van der Waals surface area (Å²) >= 11 is 0. The first-order chi connectivity index (χ1) is 10.1. The van der Waals surface area contributed by atoms with Gasteiger partial charge in [0.2, 0.25) is 0 Å². The molecule has 1 fully saturated rings. The highest BCUT2D eigenvalue weighted by atomic mass is 16.6. The van der Waals surface area contributed by atoms with Gasteiger partial charge in [-0.15, -0.1) is 0 Å². The molecule has 6 unspecified atom stereocenters. The van der Waals surface area contributed by atoms with E-state index in [-0.39, 0.29) is 30.2 Å². The van der Waals surface area contributed by atoms with Gasteiger partial charge in [-0.05, 0) is 25.5 Å². The van der Waals surface area contributed by atoms with E-state index >= 15 is 0 Å². The molecular formula is C18H26N2O. The molecule has 2 aliphatic rings. The Kier molecular flexibility index (Phi) is 5.48. The lowest BCUT2D eigenvalue weighted by molar-refractivity contribution is 0.0919. The molecule has 6 atom stereocenters. The van der Waals surface area contributed by atoms with Crippen molar-refractivity contribution < 1.29 is 4.74 Å². The number of hydrazine groups is 1. The minimum Gasteiger partial charge on any atom is -0.351 e. The molecule has 0 aromatic rings. The molecule has 2 heterocycles. The molecule has 3 heteroatoms. The second-order valence-electron chi connectivity index (χ2n) is 5.97. The first-order valence-corrected chi connectivity index (χ1v) is 7.94. The van der Waals surface area contributed by atoms with Crippen LogP contribution in [0.15, 0.2) is 24.1 Å². The quantitative estimate of drug-likeness (QED) is 0.374. The monoisotopic (exact) mass is 286 g/mol. The molecule has 2 aliphatic heterocycles. The summed E-state index contributed by atoms with van der Waals surface area (Å²) in [6, 6.07) is 0.271. The number of hydrogen-bond donors (Lipinski definition) is 1. The van der Waals surface area contributed by atoms with Crippen LogP contribution in [0.5, 0.6) is 0 Å².